The number of nitrogens with zero attached hydrogens (tertiary/aromatic N) is 3. The van der Waals surface area contributed by atoms with Crippen LogP contribution in [-0.4, -0.2) is 48.3 Å². The Balaban J connectivity index is 2.04. The highest BCUT2D eigenvalue weighted by Gasteiger charge is 2.09. The van der Waals surface area contributed by atoms with Gasteiger partial charge >= 0.3 is 0 Å². The maximum absolute atomic E-state index is 5.81. The van der Waals surface area contributed by atoms with Crippen LogP contribution < -0.4 is 5.73 Å². The minimum absolute atomic E-state index is 0.705. The molecule has 0 atom stereocenters. The van der Waals surface area contributed by atoms with E-state index in [9.17, 15) is 0 Å². The zero-order chi connectivity index (χ0) is 14.5. The van der Waals surface area contributed by atoms with Crippen molar-refractivity contribution in [1.29, 1.82) is 0 Å². The number of nitrogens with two attached hydrogens (primary N) is 1. The molecule has 0 saturated carbocycles. The highest BCUT2D eigenvalue weighted by atomic mass is 16.5. The Bertz CT molecular complexity index is 562. The van der Waals surface area contributed by atoms with Gasteiger partial charge in [-0.2, -0.15) is 0 Å². The summed E-state index contributed by atoms with van der Waals surface area (Å²) in [6, 6.07) is 5.89. The Morgan fingerprint density at radius 3 is 2.80 bits per heavy atom. The summed E-state index contributed by atoms with van der Waals surface area (Å²) in [6.45, 7) is 5.36. The lowest BCUT2D eigenvalue weighted by Crippen LogP contribution is -2.19. The van der Waals surface area contributed by atoms with Crippen LogP contribution in [0.15, 0.2) is 18.2 Å². The molecule has 2 rings (SSSR count). The molecule has 0 fully saturated rings. The molecule has 1 aromatic carbocycles. The van der Waals surface area contributed by atoms with Crippen LogP contribution in [-0.2, 0) is 17.7 Å². The second-order valence-electron chi connectivity index (χ2n) is 5.20. The van der Waals surface area contributed by atoms with Gasteiger partial charge in [-0.25, -0.2) is 4.98 Å². The molecule has 5 nitrogen and oxygen atoms in total. The van der Waals surface area contributed by atoms with Crippen molar-refractivity contribution in [1.82, 2.24) is 14.5 Å². The van der Waals surface area contributed by atoms with Gasteiger partial charge in [-0.3, -0.25) is 0 Å². The molecule has 0 aliphatic heterocycles. The molecule has 20 heavy (non-hydrogen) atoms. The average molecular weight is 276 g/mol. The van der Waals surface area contributed by atoms with Crippen LogP contribution in [0.3, 0.4) is 0 Å². The van der Waals surface area contributed by atoms with E-state index in [2.05, 4.69) is 21.4 Å². The van der Waals surface area contributed by atoms with Gasteiger partial charge < -0.3 is 19.9 Å². The molecular formula is C15H24N4O. The molecule has 0 spiro atoms. The van der Waals surface area contributed by atoms with Crippen molar-refractivity contribution >= 4 is 16.7 Å². The summed E-state index contributed by atoms with van der Waals surface area (Å²) in [6.07, 6.45) is 0.909. The van der Waals surface area contributed by atoms with Gasteiger partial charge in [0.2, 0.25) is 0 Å². The van der Waals surface area contributed by atoms with Gasteiger partial charge in [-0.15, -0.1) is 0 Å². The number of aryl methyl sites for hydroxylation is 1. The first-order valence-corrected chi connectivity index (χ1v) is 7.09. The number of ether oxygens (including phenoxy) is 1. The summed E-state index contributed by atoms with van der Waals surface area (Å²) < 4.78 is 7.90. The third-order valence-corrected chi connectivity index (χ3v) is 3.31. The Morgan fingerprint density at radius 2 is 2.10 bits per heavy atom. The summed E-state index contributed by atoms with van der Waals surface area (Å²) in [5.41, 5.74) is 8.67. The van der Waals surface area contributed by atoms with E-state index in [1.165, 1.54) is 0 Å². The standard InChI is InChI=1S/C15H24N4O/c1-4-15-17-13-11-12(16)5-6-14(13)19(15)8-10-20-9-7-18(2)3/h5-6,11H,4,7-10,16H2,1-3H3. The number of aromatic nitrogens is 2. The van der Waals surface area contributed by atoms with Crippen LogP contribution in [0.25, 0.3) is 11.0 Å². The number of nitrogen functional groups attached to an aromatic ring is 1. The van der Waals surface area contributed by atoms with Crippen molar-refractivity contribution in [3.05, 3.63) is 24.0 Å². The van der Waals surface area contributed by atoms with Crippen LogP contribution in [0.2, 0.25) is 0 Å². The Labute approximate surface area is 120 Å². The van der Waals surface area contributed by atoms with Crippen molar-refractivity contribution in [3.63, 3.8) is 0 Å². The van der Waals surface area contributed by atoms with Gasteiger partial charge in [0.05, 0.1) is 24.2 Å². The van der Waals surface area contributed by atoms with E-state index in [4.69, 9.17) is 10.5 Å². The molecule has 0 saturated heterocycles. The molecule has 110 valence electrons. The summed E-state index contributed by atoms with van der Waals surface area (Å²) in [5.74, 6) is 1.09. The second-order valence-corrected chi connectivity index (χ2v) is 5.20. The second kappa shape index (κ2) is 6.72. The van der Waals surface area contributed by atoms with Crippen molar-refractivity contribution < 1.29 is 4.74 Å². The number of hydrogen-bond donors (Lipinski definition) is 1. The third kappa shape index (κ3) is 3.49. The van der Waals surface area contributed by atoms with E-state index in [1.54, 1.807) is 0 Å². The van der Waals surface area contributed by atoms with Crippen molar-refractivity contribution in [3.8, 4) is 0 Å². The Kier molecular flexibility index (Phi) is 4.98. The zero-order valence-electron chi connectivity index (χ0n) is 12.6. The molecular weight excluding hydrogens is 252 g/mol. The molecule has 0 unspecified atom stereocenters. The lowest BCUT2D eigenvalue weighted by molar-refractivity contribution is 0.111. The van der Waals surface area contributed by atoms with Crippen molar-refractivity contribution in [2.24, 2.45) is 0 Å². The van der Waals surface area contributed by atoms with Gasteiger partial charge in [-0.1, -0.05) is 6.92 Å². The number of imidazole rings is 1. The molecule has 1 heterocycles. The van der Waals surface area contributed by atoms with E-state index in [-0.39, 0.29) is 0 Å². The average Bonchev–Trinajstić information content (AvgIpc) is 2.75. The predicted molar refractivity (Wildman–Crippen MR) is 82.9 cm³/mol. The van der Waals surface area contributed by atoms with Crippen LogP contribution in [0.1, 0.15) is 12.7 Å². The van der Waals surface area contributed by atoms with E-state index in [0.717, 1.165) is 48.7 Å². The summed E-state index contributed by atoms with van der Waals surface area (Å²) in [7, 11) is 4.10. The monoisotopic (exact) mass is 276 g/mol. The fourth-order valence-corrected chi connectivity index (χ4v) is 2.22. The first kappa shape index (κ1) is 14.8. The molecule has 0 radical (unpaired) electrons. The van der Waals surface area contributed by atoms with Gasteiger partial charge in [0.1, 0.15) is 5.82 Å². The minimum Gasteiger partial charge on any atom is -0.399 e. The maximum atomic E-state index is 5.81. The SMILES string of the molecule is CCc1nc2cc(N)ccc2n1CCOCCN(C)C. The lowest BCUT2D eigenvalue weighted by atomic mass is 10.3. The number of fused-ring (bicyclic) bond motifs is 1. The van der Waals surface area contributed by atoms with Crippen molar-refractivity contribution in [2.75, 3.05) is 39.6 Å². The summed E-state index contributed by atoms with van der Waals surface area (Å²) >= 11 is 0. The van der Waals surface area contributed by atoms with Gasteiger partial charge in [0, 0.05) is 25.2 Å². The molecule has 5 heteroatoms. The number of rotatable bonds is 7. The first-order valence-electron chi connectivity index (χ1n) is 7.09. The van der Waals surface area contributed by atoms with Crippen LogP contribution in [0.4, 0.5) is 5.69 Å². The van der Waals surface area contributed by atoms with Crippen LogP contribution in [0.5, 0.6) is 0 Å². The fourth-order valence-electron chi connectivity index (χ4n) is 2.22. The quantitative estimate of drug-likeness (QED) is 0.618. The van der Waals surface area contributed by atoms with Crippen molar-refractivity contribution in [2.45, 2.75) is 19.9 Å². The number of hydrogen-bond acceptors (Lipinski definition) is 4. The van der Waals surface area contributed by atoms with Gasteiger partial charge in [0.25, 0.3) is 0 Å². The van der Waals surface area contributed by atoms with E-state index in [1.807, 2.05) is 32.3 Å². The lowest BCUT2D eigenvalue weighted by Gasteiger charge is -2.11. The van der Waals surface area contributed by atoms with Gasteiger partial charge in [-0.05, 0) is 32.3 Å². The molecule has 0 aliphatic carbocycles. The van der Waals surface area contributed by atoms with E-state index in [0.29, 0.717) is 6.61 Å². The normalized spacial score (nSPS) is 11.6. The molecule has 0 bridgehead atoms. The largest absolute Gasteiger partial charge is 0.399 e. The topological polar surface area (TPSA) is 56.3 Å². The zero-order valence-corrected chi connectivity index (χ0v) is 12.6. The fraction of sp³-hybridized carbons (Fsp3) is 0.533. The number of likely N-dealkylation sites (N-methyl/N-ethyl adjacent to an activating group) is 1. The molecule has 2 aromatic rings. The highest BCUT2D eigenvalue weighted by Crippen LogP contribution is 2.19. The third-order valence-electron chi connectivity index (χ3n) is 3.31. The van der Waals surface area contributed by atoms with Crippen LogP contribution >= 0.6 is 0 Å². The van der Waals surface area contributed by atoms with E-state index >= 15 is 0 Å². The minimum atomic E-state index is 0.705. The highest BCUT2D eigenvalue weighted by molar-refractivity contribution is 5.79. The molecule has 0 aliphatic rings. The summed E-state index contributed by atoms with van der Waals surface area (Å²) in [4.78, 5) is 6.76. The van der Waals surface area contributed by atoms with E-state index < -0.39 is 0 Å². The van der Waals surface area contributed by atoms with Gasteiger partial charge in [0.15, 0.2) is 0 Å². The maximum Gasteiger partial charge on any atom is 0.109 e. The molecule has 1 aromatic heterocycles. The molecule has 0 amide bonds. The van der Waals surface area contributed by atoms with Crippen LogP contribution in [0, 0.1) is 0 Å². The molecule has 2 N–H and O–H groups in total. The Hall–Kier alpha value is -1.59. The number of anilines is 1. The first-order chi connectivity index (χ1) is 9.61. The Morgan fingerprint density at radius 1 is 1.30 bits per heavy atom. The smallest absolute Gasteiger partial charge is 0.109 e. The number of benzene rings is 1. The predicted octanol–water partition coefficient (Wildman–Crippen LogP) is 1.76. The summed E-state index contributed by atoms with van der Waals surface area (Å²) in [5, 5.41) is 0.